The second kappa shape index (κ2) is 11.8. The van der Waals surface area contributed by atoms with Crippen molar-refractivity contribution in [1.29, 1.82) is 0 Å². The number of nitro groups is 1. The van der Waals surface area contributed by atoms with Gasteiger partial charge < -0.3 is 14.2 Å². The third-order valence-corrected chi connectivity index (χ3v) is 5.48. The summed E-state index contributed by atoms with van der Waals surface area (Å²) >= 11 is 6.13. The summed E-state index contributed by atoms with van der Waals surface area (Å²) in [6.45, 7) is 3.46. The first-order valence-corrected chi connectivity index (χ1v) is 10.9. The van der Waals surface area contributed by atoms with E-state index >= 15 is 0 Å². The Bertz CT molecular complexity index is 1300. The molecular weight excluding hydrogens is 490 g/mol. The van der Waals surface area contributed by atoms with Gasteiger partial charge in [-0.15, -0.1) is 0 Å². The molecule has 0 aliphatic heterocycles. The van der Waals surface area contributed by atoms with Crippen molar-refractivity contribution < 1.29 is 28.7 Å². The van der Waals surface area contributed by atoms with Gasteiger partial charge in [-0.1, -0.05) is 11.6 Å². The second-order valence-corrected chi connectivity index (χ2v) is 7.93. The van der Waals surface area contributed by atoms with Gasteiger partial charge in [-0.3, -0.25) is 14.9 Å². The Morgan fingerprint density at radius 3 is 2.33 bits per heavy atom. The van der Waals surface area contributed by atoms with E-state index in [0.29, 0.717) is 16.3 Å². The Labute approximate surface area is 211 Å². The molecule has 0 saturated carbocycles. The van der Waals surface area contributed by atoms with E-state index in [4.69, 9.17) is 25.8 Å². The standard InChI is InChI=1S/C25H22ClN3O7/c1-15-10-20(11-16(2)24(15)26)35-14-23(30)28-27-13-17-4-9-21(22(12-17)34-3)36-25(31)18-5-7-19(8-6-18)29(32)33/h4-13H,14H2,1-3H3,(H,28,30). The van der Waals surface area contributed by atoms with E-state index in [1.807, 2.05) is 13.8 Å². The van der Waals surface area contributed by atoms with Crippen LogP contribution in [0.25, 0.3) is 0 Å². The number of halogens is 1. The van der Waals surface area contributed by atoms with Crippen LogP contribution in [0.4, 0.5) is 5.69 Å². The van der Waals surface area contributed by atoms with Crippen LogP contribution in [0, 0.1) is 24.0 Å². The molecule has 11 heteroatoms. The lowest BCUT2D eigenvalue weighted by molar-refractivity contribution is -0.384. The Balaban J connectivity index is 1.57. The van der Waals surface area contributed by atoms with E-state index in [2.05, 4.69) is 10.5 Å². The smallest absolute Gasteiger partial charge is 0.343 e. The molecule has 10 nitrogen and oxygen atoms in total. The maximum absolute atomic E-state index is 12.4. The lowest BCUT2D eigenvalue weighted by atomic mass is 10.1. The van der Waals surface area contributed by atoms with Crippen LogP contribution in [-0.4, -0.2) is 36.7 Å². The van der Waals surface area contributed by atoms with Crippen molar-refractivity contribution >= 4 is 35.4 Å². The predicted molar refractivity (Wildman–Crippen MR) is 133 cm³/mol. The first-order chi connectivity index (χ1) is 17.2. The summed E-state index contributed by atoms with van der Waals surface area (Å²) in [6, 6.07) is 13.2. The summed E-state index contributed by atoms with van der Waals surface area (Å²) in [6.07, 6.45) is 1.39. The number of hydrazone groups is 1. The number of esters is 1. The van der Waals surface area contributed by atoms with Crippen molar-refractivity contribution in [2.75, 3.05) is 13.7 Å². The van der Waals surface area contributed by atoms with E-state index in [0.717, 1.165) is 11.1 Å². The van der Waals surface area contributed by atoms with Gasteiger partial charge in [0.1, 0.15) is 5.75 Å². The molecule has 3 aromatic carbocycles. The number of aryl methyl sites for hydroxylation is 2. The van der Waals surface area contributed by atoms with E-state index in [1.54, 1.807) is 24.3 Å². The van der Waals surface area contributed by atoms with Crippen molar-refractivity contribution in [3.05, 3.63) is 92.0 Å². The average molecular weight is 512 g/mol. The summed E-state index contributed by atoms with van der Waals surface area (Å²) in [4.78, 5) is 34.6. The molecule has 0 unspecified atom stereocenters. The first-order valence-electron chi connectivity index (χ1n) is 10.5. The number of amides is 1. The second-order valence-electron chi connectivity index (χ2n) is 7.56. The number of benzene rings is 3. The van der Waals surface area contributed by atoms with Crippen LogP contribution in [0.1, 0.15) is 27.0 Å². The summed E-state index contributed by atoms with van der Waals surface area (Å²) in [5.41, 5.74) is 4.63. The lowest BCUT2D eigenvalue weighted by Crippen LogP contribution is -2.24. The highest BCUT2D eigenvalue weighted by Gasteiger charge is 2.14. The van der Waals surface area contributed by atoms with Crippen LogP contribution < -0.4 is 19.6 Å². The van der Waals surface area contributed by atoms with Crippen LogP contribution in [0.3, 0.4) is 0 Å². The lowest BCUT2D eigenvalue weighted by Gasteiger charge is -2.10. The molecule has 0 aromatic heterocycles. The molecule has 0 spiro atoms. The molecule has 0 fully saturated rings. The van der Waals surface area contributed by atoms with Gasteiger partial charge in [-0.05, 0) is 73.0 Å². The highest BCUT2D eigenvalue weighted by molar-refractivity contribution is 6.32. The van der Waals surface area contributed by atoms with Crippen LogP contribution >= 0.6 is 11.6 Å². The quantitative estimate of drug-likeness (QED) is 0.146. The Kier molecular flexibility index (Phi) is 8.58. The number of methoxy groups -OCH3 is 1. The summed E-state index contributed by atoms with van der Waals surface area (Å²) in [5.74, 6) is -0.251. The van der Waals surface area contributed by atoms with Gasteiger partial charge in [-0.2, -0.15) is 5.10 Å². The van der Waals surface area contributed by atoms with Crippen molar-refractivity contribution in [1.82, 2.24) is 5.43 Å². The third kappa shape index (κ3) is 6.80. The van der Waals surface area contributed by atoms with E-state index in [-0.39, 0.29) is 29.4 Å². The van der Waals surface area contributed by atoms with Gasteiger partial charge in [0.2, 0.25) is 0 Å². The average Bonchev–Trinajstić information content (AvgIpc) is 2.86. The number of nitrogens with one attached hydrogen (secondary N) is 1. The van der Waals surface area contributed by atoms with Crippen LogP contribution in [0.15, 0.2) is 59.7 Å². The molecule has 0 aliphatic carbocycles. The number of hydrogen-bond acceptors (Lipinski definition) is 8. The number of nitro benzene ring substituents is 1. The molecule has 0 atom stereocenters. The van der Waals surface area contributed by atoms with E-state index in [1.165, 1.54) is 43.7 Å². The van der Waals surface area contributed by atoms with Gasteiger partial charge >= 0.3 is 5.97 Å². The van der Waals surface area contributed by atoms with Crippen LogP contribution in [-0.2, 0) is 4.79 Å². The minimum absolute atomic E-state index is 0.137. The molecular formula is C25H22ClN3O7. The Morgan fingerprint density at radius 2 is 1.72 bits per heavy atom. The summed E-state index contributed by atoms with van der Waals surface area (Å²) in [5, 5.41) is 15.3. The number of hydrogen-bond donors (Lipinski definition) is 1. The fourth-order valence-corrected chi connectivity index (χ4v) is 3.19. The van der Waals surface area contributed by atoms with E-state index in [9.17, 15) is 19.7 Å². The normalized spacial score (nSPS) is 10.7. The molecule has 186 valence electrons. The van der Waals surface area contributed by atoms with Crippen LogP contribution in [0.5, 0.6) is 17.2 Å². The number of carbonyl (C=O) groups excluding carboxylic acids is 2. The number of non-ortho nitro benzene ring substituents is 1. The highest BCUT2D eigenvalue weighted by atomic mass is 35.5. The van der Waals surface area contributed by atoms with Crippen LogP contribution in [0.2, 0.25) is 5.02 Å². The zero-order valence-corrected chi connectivity index (χ0v) is 20.4. The van der Waals surface area contributed by atoms with E-state index < -0.39 is 16.8 Å². The predicted octanol–water partition coefficient (Wildman–Crippen LogP) is 4.62. The van der Waals surface area contributed by atoms with Gasteiger partial charge in [0.05, 0.1) is 23.8 Å². The Hall–Kier alpha value is -4.44. The topological polar surface area (TPSA) is 129 Å². The zero-order valence-electron chi connectivity index (χ0n) is 19.6. The van der Waals surface area contributed by atoms with Gasteiger partial charge in [0.25, 0.3) is 11.6 Å². The highest BCUT2D eigenvalue weighted by Crippen LogP contribution is 2.29. The first kappa shape index (κ1) is 26.2. The molecule has 36 heavy (non-hydrogen) atoms. The van der Waals surface area contributed by atoms with Crippen molar-refractivity contribution in [3.63, 3.8) is 0 Å². The third-order valence-electron chi connectivity index (χ3n) is 4.89. The van der Waals surface area contributed by atoms with Gasteiger partial charge in [0, 0.05) is 17.2 Å². The van der Waals surface area contributed by atoms with Gasteiger partial charge in [0.15, 0.2) is 18.1 Å². The number of carbonyl (C=O) groups is 2. The minimum atomic E-state index is -0.706. The molecule has 0 saturated heterocycles. The largest absolute Gasteiger partial charge is 0.493 e. The fraction of sp³-hybridized carbons (Fsp3) is 0.160. The Morgan fingerprint density at radius 1 is 1.06 bits per heavy atom. The number of nitrogens with zero attached hydrogens (tertiary/aromatic N) is 2. The molecule has 3 rings (SSSR count). The molecule has 1 amide bonds. The molecule has 3 aromatic rings. The summed E-state index contributed by atoms with van der Waals surface area (Å²) < 4.78 is 16.1. The maximum atomic E-state index is 12.4. The summed E-state index contributed by atoms with van der Waals surface area (Å²) in [7, 11) is 1.40. The molecule has 0 bridgehead atoms. The van der Waals surface area contributed by atoms with Crippen molar-refractivity contribution in [3.8, 4) is 17.2 Å². The zero-order chi connectivity index (χ0) is 26.2. The molecule has 0 radical (unpaired) electrons. The monoisotopic (exact) mass is 511 g/mol. The van der Waals surface area contributed by atoms with Crippen molar-refractivity contribution in [2.24, 2.45) is 5.10 Å². The SMILES string of the molecule is COc1cc(C=NNC(=O)COc2cc(C)c(Cl)c(C)c2)ccc1OC(=O)c1ccc([N+](=O)[O-])cc1. The maximum Gasteiger partial charge on any atom is 0.343 e. The minimum Gasteiger partial charge on any atom is -0.493 e. The number of ether oxygens (including phenoxy) is 3. The van der Waals surface area contributed by atoms with Gasteiger partial charge in [-0.25, -0.2) is 10.2 Å². The number of rotatable bonds is 9. The molecule has 0 heterocycles. The molecule has 1 N–H and O–H groups in total. The fourth-order valence-electron chi connectivity index (χ4n) is 3.08. The molecule has 0 aliphatic rings. The van der Waals surface area contributed by atoms with Crippen molar-refractivity contribution in [2.45, 2.75) is 13.8 Å².